The number of aliphatic hydroxyl groups excluding tert-OH is 12. The van der Waals surface area contributed by atoms with Crippen molar-refractivity contribution in [3.8, 4) is 0 Å². The lowest BCUT2D eigenvalue weighted by Crippen LogP contribution is -2.69. The van der Waals surface area contributed by atoms with Crippen LogP contribution in [0.5, 0.6) is 0 Å². The average Bonchev–Trinajstić information content (AvgIpc) is 3.43. The van der Waals surface area contributed by atoms with Crippen LogP contribution in [0.4, 0.5) is 0 Å². The Morgan fingerprint density at radius 1 is 0.590 bits per heavy atom. The molecule has 4 saturated heterocycles. The summed E-state index contributed by atoms with van der Waals surface area (Å²) in [6.45, 7) is 12.7. The number of fused-ring (bicyclic) bond motifs is 7. The lowest BCUT2D eigenvalue weighted by atomic mass is 9.34. The van der Waals surface area contributed by atoms with Gasteiger partial charge >= 0.3 is 5.97 Å². The van der Waals surface area contributed by atoms with Crippen LogP contribution >= 0.6 is 0 Å². The number of methoxy groups -OCH3 is 1. The molecule has 0 spiro atoms. The predicted octanol–water partition coefficient (Wildman–Crippen LogP) is -2.45. The quantitative estimate of drug-likeness (QED) is 0.0548. The van der Waals surface area contributed by atoms with Gasteiger partial charge in [0, 0.05) is 17.8 Å². The van der Waals surface area contributed by atoms with Crippen LogP contribution in [0.2, 0.25) is 0 Å². The van der Waals surface area contributed by atoms with Crippen molar-refractivity contribution >= 4 is 11.8 Å². The number of carbonyl (C=O) groups excluding carboxylic acids is 2. The summed E-state index contributed by atoms with van der Waals surface area (Å²) in [6.07, 6.45) is -31.1. The van der Waals surface area contributed by atoms with Gasteiger partial charge in [-0.3, -0.25) is 4.79 Å². The van der Waals surface area contributed by atoms with Gasteiger partial charge in [-0.05, 0) is 84.9 Å². The molecule has 446 valence electrons. The predicted molar refractivity (Wildman–Crippen MR) is 263 cm³/mol. The molecule has 8 fully saturated rings. The minimum atomic E-state index is -2.15. The summed E-state index contributed by atoms with van der Waals surface area (Å²) < 4.78 is 54.4. The number of ether oxygens (including phenoxy) is 9. The summed E-state index contributed by atoms with van der Waals surface area (Å²) >= 11 is 0. The molecule has 0 radical (unpaired) electrons. The van der Waals surface area contributed by atoms with Gasteiger partial charge in [0.05, 0.1) is 33.0 Å². The van der Waals surface area contributed by atoms with E-state index in [-0.39, 0.29) is 46.2 Å². The Balaban J connectivity index is 1.06. The van der Waals surface area contributed by atoms with Crippen LogP contribution in [0.1, 0.15) is 106 Å². The molecular weight excluding hydrogens is 1030 g/mol. The number of esters is 1. The molecule has 0 aromatic heterocycles. The topological polar surface area (TPSA) is 380 Å². The molecule has 4 aliphatic heterocycles. The Hall–Kier alpha value is -1.96. The molecule has 3 unspecified atom stereocenters. The summed E-state index contributed by atoms with van der Waals surface area (Å²) in [5, 5.41) is 142. The van der Waals surface area contributed by atoms with E-state index in [2.05, 4.69) is 54.5 Å². The molecule has 4 heterocycles. The number of hydrogen-bond acceptors (Lipinski definition) is 24. The van der Waals surface area contributed by atoms with Gasteiger partial charge in [0.15, 0.2) is 37.0 Å². The van der Waals surface area contributed by atoms with Gasteiger partial charge in [-0.15, -0.1) is 0 Å². The van der Waals surface area contributed by atoms with E-state index in [0.29, 0.717) is 32.1 Å². The fourth-order valence-corrected chi connectivity index (χ4v) is 16.1. The normalized spacial score (nSPS) is 52.9. The Morgan fingerprint density at radius 2 is 1.12 bits per heavy atom. The highest BCUT2D eigenvalue weighted by atomic mass is 16.8. The third-order valence-electron chi connectivity index (χ3n) is 21.0. The number of ketones is 1. The molecule has 0 aromatic rings. The molecular formula is C54H86O24. The standard InChI is InChI=1S/C54H86O24/c1-49(2)15-16-54(69)23(17-49)22-9-10-28-51(5)13-12-30(50(3,4)27(51)11-14-52(28,6)53(22,7)18-29(54)58)74-48-43(78-46-38(66)35(63)32(60)25(20-56)72-46)40(39(67)41(76-48)44(68)70-8)75-47-42(36(64)33(61)26(21-57)73-47)77-45-37(65)34(62)31(59)24(19-55)71-45/h9,23-28,30-43,45-48,55-57,59-67,69H,10-21H2,1-8H3/t23?,24-,25-,26-,27?,28?,30+,31-,32+,33+,34+,35+,36+,37-,38-,39+,40+,41+,42-,43-,45+,46+,47+,48-,51+,52-,53-,54-/m1/s1. The summed E-state index contributed by atoms with van der Waals surface area (Å²) in [5.41, 5.74) is -2.14. The first kappa shape index (κ1) is 60.6. The van der Waals surface area contributed by atoms with Crippen molar-refractivity contribution < 1.29 is 119 Å². The highest BCUT2D eigenvalue weighted by Gasteiger charge is 2.71. The maximum Gasteiger partial charge on any atom is 0.337 e. The van der Waals surface area contributed by atoms with Gasteiger partial charge in [0.1, 0.15) is 97.2 Å². The van der Waals surface area contributed by atoms with Crippen molar-refractivity contribution in [2.75, 3.05) is 26.9 Å². The van der Waals surface area contributed by atoms with Crippen molar-refractivity contribution in [1.29, 1.82) is 0 Å². The van der Waals surface area contributed by atoms with Crippen LogP contribution < -0.4 is 0 Å². The molecule has 0 aromatic carbocycles. The van der Waals surface area contributed by atoms with Gasteiger partial charge in [-0.1, -0.05) is 60.1 Å². The molecule has 0 amide bonds. The van der Waals surface area contributed by atoms with Crippen LogP contribution in [-0.4, -0.2) is 240 Å². The van der Waals surface area contributed by atoms with Crippen LogP contribution in [0.25, 0.3) is 0 Å². The number of allylic oxidation sites excluding steroid dienone is 1. The monoisotopic (exact) mass is 1120 g/mol. The molecule has 13 N–H and O–H groups in total. The second-order valence-electron chi connectivity index (χ2n) is 26.1. The lowest BCUT2D eigenvalue weighted by Gasteiger charge is -2.71. The Morgan fingerprint density at radius 3 is 1.68 bits per heavy atom. The van der Waals surface area contributed by atoms with Crippen molar-refractivity contribution in [2.24, 2.45) is 44.8 Å². The number of hydrogen-bond donors (Lipinski definition) is 13. The smallest absolute Gasteiger partial charge is 0.337 e. The van der Waals surface area contributed by atoms with E-state index in [4.69, 9.17) is 42.6 Å². The Bertz CT molecular complexity index is 2190. The molecule has 0 bridgehead atoms. The molecule has 4 saturated carbocycles. The van der Waals surface area contributed by atoms with Gasteiger partial charge < -0.3 is 109 Å². The van der Waals surface area contributed by atoms with Gasteiger partial charge in [0.25, 0.3) is 0 Å². The van der Waals surface area contributed by atoms with E-state index >= 15 is 0 Å². The Kier molecular flexibility index (Phi) is 17.0. The van der Waals surface area contributed by atoms with E-state index in [1.807, 2.05) is 0 Å². The maximum atomic E-state index is 14.3. The molecule has 78 heavy (non-hydrogen) atoms. The molecule has 28 atom stereocenters. The zero-order valence-electron chi connectivity index (χ0n) is 45.7. The van der Waals surface area contributed by atoms with Gasteiger partial charge in [-0.2, -0.15) is 0 Å². The number of carbonyl (C=O) groups is 2. The third-order valence-corrected chi connectivity index (χ3v) is 21.0. The third kappa shape index (κ3) is 9.77. The van der Waals surface area contributed by atoms with Crippen LogP contribution in [0.3, 0.4) is 0 Å². The van der Waals surface area contributed by atoms with Crippen molar-refractivity contribution in [2.45, 2.75) is 241 Å². The number of aliphatic hydroxyl groups is 13. The summed E-state index contributed by atoms with van der Waals surface area (Å²) in [5.74, 6) is -1.43. The first-order valence-electron chi connectivity index (χ1n) is 27.7. The van der Waals surface area contributed by atoms with Crippen molar-refractivity contribution in [3.63, 3.8) is 0 Å². The molecule has 5 aliphatic carbocycles. The van der Waals surface area contributed by atoms with E-state index in [9.17, 15) is 76.0 Å². The SMILES string of the molecule is COC(=O)[C@H]1O[C@@H](O[C@H]2CC[C@@]3(C)C(CC[C@]4(C)C3CC=C3C5CC(C)(C)CC[C@]5(O)C(=O)C[C@]34C)C2(C)C)[C@H](O[C@@H]2O[C@H](CO)[C@H](O)[C@H](O)[C@H]2O)[C@@H](O[C@@H]2O[C@H](CO)[C@H](O)[C@H](O)[C@H]2O[C@@H]2O[C@H](CO)[C@@H](O)[C@H](O)[C@H]2O)[C@@H]1O. The molecule has 24 nitrogen and oxygen atoms in total. The lowest BCUT2D eigenvalue weighted by molar-refractivity contribution is -0.407. The second-order valence-corrected chi connectivity index (χ2v) is 26.1. The summed E-state index contributed by atoms with van der Waals surface area (Å²) in [4.78, 5) is 28.0. The van der Waals surface area contributed by atoms with Gasteiger partial charge in [0.2, 0.25) is 0 Å². The second kappa shape index (κ2) is 21.9. The van der Waals surface area contributed by atoms with E-state index in [1.54, 1.807) is 0 Å². The minimum Gasteiger partial charge on any atom is -0.467 e. The minimum absolute atomic E-state index is 0.0352. The highest BCUT2D eigenvalue weighted by molar-refractivity contribution is 5.91. The highest BCUT2D eigenvalue weighted by Crippen LogP contribution is 2.74. The summed E-state index contributed by atoms with van der Waals surface area (Å²) in [7, 11) is 1.03. The van der Waals surface area contributed by atoms with E-state index in [0.717, 1.165) is 26.4 Å². The molecule has 9 aliphatic rings. The van der Waals surface area contributed by atoms with Crippen molar-refractivity contribution in [3.05, 3.63) is 11.6 Å². The fourth-order valence-electron chi connectivity index (χ4n) is 16.1. The van der Waals surface area contributed by atoms with E-state index < -0.39 is 171 Å². The summed E-state index contributed by atoms with van der Waals surface area (Å²) in [6, 6.07) is 0. The van der Waals surface area contributed by atoms with Crippen LogP contribution in [-0.2, 0) is 52.2 Å². The van der Waals surface area contributed by atoms with E-state index in [1.165, 1.54) is 5.57 Å². The Labute approximate surface area is 453 Å². The zero-order valence-corrected chi connectivity index (χ0v) is 45.7. The largest absolute Gasteiger partial charge is 0.467 e. The maximum absolute atomic E-state index is 14.3. The van der Waals surface area contributed by atoms with Gasteiger partial charge in [-0.25, -0.2) is 4.79 Å². The molecule has 9 rings (SSSR count). The number of Topliss-reactive ketones (excluding diaryl/α,β-unsaturated/α-hetero) is 1. The number of rotatable bonds is 12. The van der Waals surface area contributed by atoms with Crippen LogP contribution in [0.15, 0.2) is 11.6 Å². The first-order valence-corrected chi connectivity index (χ1v) is 27.7. The van der Waals surface area contributed by atoms with Crippen LogP contribution in [0, 0.1) is 44.8 Å². The fraction of sp³-hybridized carbons (Fsp3) is 0.926. The zero-order chi connectivity index (χ0) is 57.1. The van der Waals surface area contributed by atoms with Crippen molar-refractivity contribution in [1.82, 2.24) is 0 Å². The average molecular weight is 1120 g/mol. The first-order chi connectivity index (χ1) is 36.5. The molecule has 24 heteroatoms.